The molecular weight excluding hydrogens is 204 g/mol. The number of benzene rings is 1. The zero-order chi connectivity index (χ0) is 11.4. The van der Waals surface area contributed by atoms with Crippen molar-refractivity contribution >= 4 is 10.9 Å². The number of aromatic nitrogens is 1. The highest BCUT2D eigenvalue weighted by atomic mass is 16.5. The molecule has 0 unspecified atom stereocenters. The molecule has 16 heavy (non-hydrogen) atoms. The highest BCUT2D eigenvalue weighted by Gasteiger charge is 2.08. The van der Waals surface area contributed by atoms with E-state index in [0.29, 0.717) is 6.54 Å². The Kier molecular flexibility index (Phi) is 3.34. The van der Waals surface area contributed by atoms with Crippen LogP contribution in [0.4, 0.5) is 0 Å². The number of pyridine rings is 1. The number of aliphatic hydroxyl groups is 1. The minimum Gasteiger partial charge on any atom is -0.490 e. The van der Waals surface area contributed by atoms with Gasteiger partial charge in [0.05, 0.1) is 12.1 Å². The number of fused-ring (bicyclic) bond motifs is 1. The molecular formula is C12H14N2O2. The fourth-order valence-electron chi connectivity index (χ4n) is 1.62. The molecule has 1 aromatic heterocycles. The van der Waals surface area contributed by atoms with Crippen LogP contribution < -0.4 is 10.5 Å². The third-order valence-corrected chi connectivity index (χ3v) is 2.36. The highest BCUT2D eigenvalue weighted by molar-refractivity contribution is 5.86. The molecule has 0 saturated heterocycles. The van der Waals surface area contributed by atoms with Crippen LogP contribution >= 0.6 is 0 Å². The smallest absolute Gasteiger partial charge is 0.134 e. The minimum atomic E-state index is -0.0132. The van der Waals surface area contributed by atoms with Crippen LogP contribution in [-0.4, -0.2) is 23.3 Å². The largest absolute Gasteiger partial charge is 0.490 e. The molecule has 1 heterocycles. The lowest BCUT2D eigenvalue weighted by atomic mass is 10.1. The van der Waals surface area contributed by atoms with E-state index in [0.717, 1.165) is 22.2 Å². The van der Waals surface area contributed by atoms with E-state index in [1.807, 2.05) is 24.3 Å². The van der Waals surface area contributed by atoms with Crippen LogP contribution in [0.1, 0.15) is 5.56 Å². The van der Waals surface area contributed by atoms with Crippen LogP contribution in [0.5, 0.6) is 5.75 Å². The SMILES string of the molecule is NCc1cnc2ccccc2c1OCCO. The van der Waals surface area contributed by atoms with Crippen LogP contribution in [0, 0.1) is 0 Å². The molecule has 1 aromatic carbocycles. The van der Waals surface area contributed by atoms with Gasteiger partial charge in [0.15, 0.2) is 0 Å². The normalized spacial score (nSPS) is 10.6. The van der Waals surface area contributed by atoms with Crippen LogP contribution in [-0.2, 0) is 6.54 Å². The lowest BCUT2D eigenvalue weighted by Gasteiger charge is -2.11. The molecule has 0 fully saturated rings. The van der Waals surface area contributed by atoms with Crippen molar-refractivity contribution in [3.05, 3.63) is 36.0 Å². The topological polar surface area (TPSA) is 68.4 Å². The summed E-state index contributed by atoms with van der Waals surface area (Å²) in [4.78, 5) is 4.30. The first-order valence-corrected chi connectivity index (χ1v) is 5.17. The van der Waals surface area contributed by atoms with Gasteiger partial charge in [-0.3, -0.25) is 4.98 Å². The van der Waals surface area contributed by atoms with Gasteiger partial charge in [0, 0.05) is 23.7 Å². The molecule has 0 bridgehead atoms. The third kappa shape index (κ3) is 1.98. The van der Waals surface area contributed by atoms with Crippen molar-refractivity contribution in [2.45, 2.75) is 6.54 Å². The Hall–Kier alpha value is -1.65. The third-order valence-electron chi connectivity index (χ3n) is 2.36. The first-order chi connectivity index (χ1) is 7.86. The summed E-state index contributed by atoms with van der Waals surface area (Å²) >= 11 is 0. The van der Waals surface area contributed by atoms with Gasteiger partial charge < -0.3 is 15.6 Å². The van der Waals surface area contributed by atoms with Crippen molar-refractivity contribution in [1.29, 1.82) is 0 Å². The van der Waals surface area contributed by atoms with Gasteiger partial charge in [-0.25, -0.2) is 0 Å². The molecule has 3 N–H and O–H groups in total. The quantitative estimate of drug-likeness (QED) is 0.805. The zero-order valence-corrected chi connectivity index (χ0v) is 8.89. The number of aliphatic hydroxyl groups excluding tert-OH is 1. The monoisotopic (exact) mass is 218 g/mol. The summed E-state index contributed by atoms with van der Waals surface area (Å²) in [6.07, 6.45) is 1.72. The molecule has 0 aliphatic heterocycles. The Morgan fingerprint density at radius 1 is 1.31 bits per heavy atom. The number of rotatable bonds is 4. The summed E-state index contributed by atoms with van der Waals surface area (Å²) in [6.45, 7) is 0.625. The molecule has 4 nitrogen and oxygen atoms in total. The summed E-state index contributed by atoms with van der Waals surface area (Å²) < 4.78 is 5.52. The fourth-order valence-corrected chi connectivity index (χ4v) is 1.62. The molecule has 0 aliphatic rings. The van der Waals surface area contributed by atoms with Crippen molar-refractivity contribution in [3.63, 3.8) is 0 Å². The predicted octanol–water partition coefficient (Wildman–Crippen LogP) is 1.06. The van der Waals surface area contributed by atoms with E-state index in [1.54, 1.807) is 6.20 Å². The molecule has 0 saturated carbocycles. The van der Waals surface area contributed by atoms with Gasteiger partial charge in [0.2, 0.25) is 0 Å². The summed E-state index contributed by atoms with van der Waals surface area (Å²) in [5.41, 5.74) is 7.35. The molecule has 2 aromatic rings. The molecule has 0 radical (unpaired) electrons. The van der Waals surface area contributed by atoms with Crippen molar-refractivity contribution in [2.24, 2.45) is 5.73 Å². The first-order valence-electron chi connectivity index (χ1n) is 5.17. The fraction of sp³-hybridized carbons (Fsp3) is 0.250. The Morgan fingerprint density at radius 3 is 2.88 bits per heavy atom. The van der Waals surface area contributed by atoms with Gasteiger partial charge in [-0.2, -0.15) is 0 Å². The van der Waals surface area contributed by atoms with E-state index in [-0.39, 0.29) is 13.2 Å². The van der Waals surface area contributed by atoms with Crippen LogP contribution in [0.25, 0.3) is 10.9 Å². The van der Waals surface area contributed by atoms with E-state index in [4.69, 9.17) is 15.6 Å². The summed E-state index contributed by atoms with van der Waals surface area (Å²) in [6, 6.07) is 7.71. The van der Waals surface area contributed by atoms with Gasteiger partial charge >= 0.3 is 0 Å². The van der Waals surface area contributed by atoms with E-state index >= 15 is 0 Å². The predicted molar refractivity (Wildman–Crippen MR) is 62.2 cm³/mol. The number of nitrogens with zero attached hydrogens (tertiary/aromatic N) is 1. The number of hydrogen-bond donors (Lipinski definition) is 2. The maximum Gasteiger partial charge on any atom is 0.134 e. The van der Waals surface area contributed by atoms with Crippen molar-refractivity contribution in [2.75, 3.05) is 13.2 Å². The zero-order valence-electron chi connectivity index (χ0n) is 8.89. The van der Waals surface area contributed by atoms with Crippen molar-refractivity contribution in [3.8, 4) is 5.75 Å². The summed E-state index contributed by atoms with van der Waals surface area (Å²) in [5, 5.41) is 9.72. The molecule has 0 spiro atoms. The molecule has 84 valence electrons. The van der Waals surface area contributed by atoms with Crippen molar-refractivity contribution in [1.82, 2.24) is 4.98 Å². The first kappa shape index (κ1) is 10.9. The second-order valence-corrected chi connectivity index (χ2v) is 3.41. The molecule has 2 rings (SSSR count). The van der Waals surface area contributed by atoms with E-state index in [2.05, 4.69) is 4.98 Å². The maximum absolute atomic E-state index is 8.79. The van der Waals surface area contributed by atoms with Gasteiger partial charge in [-0.15, -0.1) is 0 Å². The molecule has 0 amide bonds. The van der Waals surface area contributed by atoms with Crippen LogP contribution in [0.15, 0.2) is 30.5 Å². The number of ether oxygens (including phenoxy) is 1. The lowest BCUT2D eigenvalue weighted by Crippen LogP contribution is -2.07. The van der Waals surface area contributed by atoms with Crippen LogP contribution in [0.2, 0.25) is 0 Å². The van der Waals surface area contributed by atoms with Gasteiger partial charge in [0.1, 0.15) is 12.4 Å². The average molecular weight is 218 g/mol. The number of nitrogens with two attached hydrogens (primary N) is 1. The van der Waals surface area contributed by atoms with Gasteiger partial charge in [0.25, 0.3) is 0 Å². The minimum absolute atomic E-state index is 0.0132. The second kappa shape index (κ2) is 4.92. The van der Waals surface area contributed by atoms with Crippen LogP contribution in [0.3, 0.4) is 0 Å². The Morgan fingerprint density at radius 2 is 2.12 bits per heavy atom. The highest BCUT2D eigenvalue weighted by Crippen LogP contribution is 2.27. The number of para-hydroxylation sites is 1. The van der Waals surface area contributed by atoms with Gasteiger partial charge in [-0.1, -0.05) is 12.1 Å². The Balaban J connectivity index is 2.54. The Bertz CT molecular complexity index is 485. The maximum atomic E-state index is 8.79. The summed E-state index contributed by atoms with van der Waals surface area (Å²) in [7, 11) is 0. The standard InChI is InChI=1S/C12H14N2O2/c13-7-9-8-14-11-4-2-1-3-10(11)12(9)16-6-5-15/h1-4,8,15H,5-7,13H2. The van der Waals surface area contributed by atoms with E-state index < -0.39 is 0 Å². The van der Waals surface area contributed by atoms with E-state index in [9.17, 15) is 0 Å². The summed E-state index contributed by atoms with van der Waals surface area (Å²) in [5.74, 6) is 0.724. The van der Waals surface area contributed by atoms with E-state index in [1.165, 1.54) is 0 Å². The second-order valence-electron chi connectivity index (χ2n) is 3.41. The molecule has 4 heteroatoms. The lowest BCUT2D eigenvalue weighted by molar-refractivity contribution is 0.201. The molecule has 0 aliphatic carbocycles. The number of hydrogen-bond acceptors (Lipinski definition) is 4. The Labute approximate surface area is 93.7 Å². The average Bonchev–Trinajstić information content (AvgIpc) is 2.35. The molecule has 0 atom stereocenters. The van der Waals surface area contributed by atoms with Crippen molar-refractivity contribution < 1.29 is 9.84 Å². The van der Waals surface area contributed by atoms with Gasteiger partial charge in [-0.05, 0) is 12.1 Å².